The molecule has 0 aromatic heterocycles. The van der Waals surface area contributed by atoms with Gasteiger partial charge in [-0.3, -0.25) is 74.0 Å². The summed E-state index contributed by atoms with van der Waals surface area (Å²) in [6, 6.07) is -0.131. The average Bonchev–Trinajstić information content (AvgIpc) is 1.77. The zero-order valence-electron chi connectivity index (χ0n) is 77.7. The standard InChI is InChI=1S/C5H5NO2.C5H8O2.C4H6O3.C4H6O.C4H8.C3H8N2O.C3H9NS.C3H6O2.C3H6OS.4C3H6O.C2H7N3O.C2H8N2.C2H3NO.C2H3NS.2C2H6O2S.C2H4O2.C2H4O.3C2H6.CH5NO.CH4O.CH4S/c1-6-4(7)2-3-5(6)8;1-4(2)7-5(3)6;1-3(5)7-4(2)6;1-3-4(2)5;1-4(2)3;1-3(6)5-4-2;1-3(4)2-5;1-3(4)5-2;1-3-5(2)4;4*1-3(2)4;1-4-2(6)5-3;1-3-4-2;2*1-3-2-4;2*1-5(2,3)4;1-2(3)4;1-2-3;3*1-2;1-3-2;2*1-2/h2-3H,1H3;1H2,2-3H3;1-2H3;3H,1H2,2H3;1H2,2-3H3;4H,1-2H3,(H,5,6);3,5H,2,4H2,1H3;1-2H3;3H,1H2,2H3;4*1-2H3;3H2,1H3,(H2,4,5,6);3-4H,1-2H3;2*1H3;2*1-2H3;1H3,(H,3,4);2H,1H3;3*1-2H3;2H2,1H3;2*2H,1H3. The first kappa shape index (κ1) is 184. The van der Waals surface area contributed by atoms with Crippen molar-refractivity contribution in [3.05, 3.63) is 61.3 Å². The van der Waals surface area contributed by atoms with Crippen molar-refractivity contribution < 1.29 is 127 Å². The molecule has 0 saturated carbocycles. The lowest BCUT2D eigenvalue weighted by atomic mass is 10.4. The number of likely N-dealkylation sites (N-methyl/N-ethyl adjacent to an activating group) is 1. The maximum Gasteiger partial charge on any atom is 0.328 e. The maximum atomic E-state index is 10.4. The number of carbonyl (C=O) groups is 15. The number of hydrogen-bond acceptors (Lipinski definition) is 37. The van der Waals surface area contributed by atoms with Gasteiger partial charge in [0.1, 0.15) is 49.1 Å². The number of nitrogens with zero attached hydrogens (tertiary/aromatic N) is 3. The summed E-state index contributed by atoms with van der Waals surface area (Å²) in [7, 11) is 8.80. The average molecular weight is 1800 g/mol. The van der Waals surface area contributed by atoms with Gasteiger partial charge in [0.2, 0.25) is 12.0 Å². The summed E-state index contributed by atoms with van der Waals surface area (Å²) in [5.41, 5.74) is 18.4. The number of aliphatic imine (C=N–C) groups is 2. The van der Waals surface area contributed by atoms with E-state index in [9.17, 15) is 83.4 Å². The van der Waals surface area contributed by atoms with Gasteiger partial charge in [-0.25, -0.2) is 53.6 Å². The van der Waals surface area contributed by atoms with E-state index in [1.807, 2.05) is 81.8 Å². The first-order chi connectivity index (χ1) is 52.6. The van der Waals surface area contributed by atoms with E-state index in [4.69, 9.17) is 30.3 Å². The van der Waals surface area contributed by atoms with Gasteiger partial charge >= 0.3 is 29.9 Å². The number of allylic oxidation sites excluding steroid dienone is 3. The highest BCUT2D eigenvalue weighted by Gasteiger charge is 2.17. The normalized spacial score (nSPS) is 8.19. The zero-order valence-corrected chi connectivity index (χ0v) is 82.8. The van der Waals surface area contributed by atoms with Crippen molar-refractivity contribution in [3.8, 4) is 0 Å². The molecule has 0 radical (unpaired) electrons. The van der Waals surface area contributed by atoms with Crippen molar-refractivity contribution in [1.29, 1.82) is 0 Å². The quantitative estimate of drug-likeness (QED) is 0.0103. The van der Waals surface area contributed by atoms with E-state index in [0.29, 0.717) is 5.76 Å². The molecule has 14 N–H and O–H groups in total. The van der Waals surface area contributed by atoms with Gasteiger partial charge in [0.25, 0.3) is 17.8 Å². The van der Waals surface area contributed by atoms with Crippen LogP contribution < -0.4 is 49.9 Å². The van der Waals surface area contributed by atoms with Crippen molar-refractivity contribution >= 4 is 168 Å². The number of Topliss-reactive ketones (excluding diaryl/α,β-unsaturated/α-hetero) is 4. The van der Waals surface area contributed by atoms with Crippen LogP contribution >= 0.6 is 37.5 Å². The van der Waals surface area contributed by atoms with Gasteiger partial charge in [-0.05, 0) is 141 Å². The molecule has 2 unspecified atom stereocenters. The van der Waals surface area contributed by atoms with Gasteiger partial charge in [0.05, 0.1) is 25.1 Å². The Morgan fingerprint density at radius 2 is 0.810 bits per heavy atom. The molecule has 2 atom stereocenters. The number of amides is 5. The second-order valence-electron chi connectivity index (χ2n) is 18.2. The van der Waals surface area contributed by atoms with Crippen molar-refractivity contribution in [2.24, 2.45) is 27.5 Å². The van der Waals surface area contributed by atoms with Crippen LogP contribution in [-0.4, -0.2) is 256 Å². The van der Waals surface area contributed by atoms with Crippen LogP contribution in [0.25, 0.3) is 0 Å². The lowest BCUT2D eigenvalue weighted by Gasteiger charge is -2.01. The number of ether oxygens (including phenoxy) is 3. The highest BCUT2D eigenvalue weighted by Crippen LogP contribution is 1.97. The number of urea groups is 1. The van der Waals surface area contributed by atoms with Crippen LogP contribution in [0.5, 0.6) is 0 Å². The van der Waals surface area contributed by atoms with Crippen molar-refractivity contribution in [2.45, 2.75) is 186 Å². The van der Waals surface area contributed by atoms with E-state index in [-0.39, 0.29) is 70.6 Å². The summed E-state index contributed by atoms with van der Waals surface area (Å²) in [5.74, 6) is 7.80. The smallest absolute Gasteiger partial charge is 0.328 e. The van der Waals surface area contributed by atoms with Gasteiger partial charge in [0.15, 0.2) is 5.78 Å². The molecule has 39 nitrogen and oxygen atoms in total. The molecule has 0 aromatic carbocycles. The van der Waals surface area contributed by atoms with Crippen molar-refractivity contribution in [1.82, 2.24) is 37.3 Å². The number of imide groups is 1. The summed E-state index contributed by atoms with van der Waals surface area (Å²) >= 11 is 11.6. The SMILES string of the molecule is C=C(C)C.C=C(C)OC(C)=O.C=CC(C)=O.C=CS(C)=O.CC.CC.CC.CC(=O)O.CC(=O)OC(C)=O.CC(C)=O.CC(C)=O.CC(C)=O.CC(C)=O.CC(N)CS.CC=O.CN1C(=O)C=CC1=O.CN=C=O.CN=C=S.CNC(=O)NN.CNNC.CNNC(C)=O.CO.COC(C)=O.CON.CS.CS(C)(=O)=O.CS(C)(=O)=O. The molecule has 116 heavy (non-hydrogen) atoms. The summed E-state index contributed by atoms with van der Waals surface area (Å²) < 4.78 is 60.8. The molecule has 0 spiro atoms. The van der Waals surface area contributed by atoms with Crippen LogP contribution in [0.1, 0.15) is 180 Å². The van der Waals surface area contributed by atoms with Gasteiger partial charge in [-0.1, -0.05) is 66.9 Å². The van der Waals surface area contributed by atoms with Crippen molar-refractivity contribution in [2.75, 3.05) is 114 Å². The largest absolute Gasteiger partial charge is 0.481 e. The Labute approximate surface area is 717 Å². The number of isothiocyanates is 1. The van der Waals surface area contributed by atoms with Crippen LogP contribution in [0.2, 0.25) is 0 Å². The number of hydrogen-bond donors (Lipinski definition) is 13. The number of ketones is 5. The molecular weight excluding hydrogens is 1650 g/mol. The molecular formula is C71H158N12O27S6. The lowest BCUT2D eigenvalue weighted by Crippen LogP contribution is -2.37. The summed E-state index contributed by atoms with van der Waals surface area (Å²) in [5, 5.41) is 20.2. The Balaban J connectivity index is -0.0000000304. The number of aliphatic hydroxyl groups excluding tert-OH is 1. The van der Waals surface area contributed by atoms with Crippen LogP contribution in [0.4, 0.5) is 4.79 Å². The summed E-state index contributed by atoms with van der Waals surface area (Å²) in [4.78, 5) is 165. The van der Waals surface area contributed by atoms with Crippen LogP contribution in [0.15, 0.2) is 71.3 Å². The van der Waals surface area contributed by atoms with E-state index >= 15 is 0 Å². The number of hydrazine groups is 3. The van der Waals surface area contributed by atoms with Crippen LogP contribution in [-0.2, 0) is 121 Å². The van der Waals surface area contributed by atoms with Gasteiger partial charge in [0, 0.05) is 150 Å². The van der Waals surface area contributed by atoms with E-state index in [1.165, 1.54) is 175 Å². The molecule has 0 aliphatic carbocycles. The second kappa shape index (κ2) is 183. The first-order valence-electron chi connectivity index (χ1n) is 32.5. The van der Waals surface area contributed by atoms with E-state index in [0.717, 1.165) is 56.0 Å². The van der Waals surface area contributed by atoms with Crippen LogP contribution in [0.3, 0.4) is 0 Å². The number of thiol groups is 2. The predicted molar refractivity (Wildman–Crippen MR) is 485 cm³/mol. The van der Waals surface area contributed by atoms with Crippen molar-refractivity contribution in [3.63, 3.8) is 0 Å². The maximum absolute atomic E-state index is 10.4. The second-order valence-corrected chi connectivity index (χ2v) is 24.6. The van der Waals surface area contributed by atoms with Crippen LogP contribution in [0, 0.1) is 0 Å². The fraction of sp³-hybridized carbons (Fsp3) is 0.620. The molecule has 1 aliphatic heterocycles. The summed E-state index contributed by atoms with van der Waals surface area (Å²) in [6.45, 7) is 55.6. The number of isocyanates is 1. The molecule has 1 aliphatic rings. The molecule has 0 saturated heterocycles. The zero-order chi connectivity index (χ0) is 101. The lowest BCUT2D eigenvalue weighted by molar-refractivity contribution is -0.156. The van der Waals surface area contributed by atoms with Gasteiger partial charge < -0.3 is 64.3 Å². The van der Waals surface area contributed by atoms with Gasteiger partial charge in [-0.15, -0.1) is 6.58 Å². The third kappa shape index (κ3) is 1230. The number of aliphatic carboxylic acids is 1. The number of thiocarbonyl (C=S) groups is 1. The third-order valence-electron chi connectivity index (χ3n) is 3.82. The predicted octanol–water partition coefficient (Wildman–Crippen LogP) is 6.81. The Morgan fingerprint density at radius 1 is 0.638 bits per heavy atom. The molecule has 45 heteroatoms. The Hall–Kier alpha value is -8.24. The van der Waals surface area contributed by atoms with Gasteiger partial charge in [-0.2, -0.15) is 25.3 Å². The molecule has 1 heterocycles. The number of carboxylic acids is 1. The Kier molecular flexibility index (Phi) is 290. The number of nitrogens with two attached hydrogens (primary N) is 3. The molecule has 0 fully saturated rings. The molecule has 0 bridgehead atoms. The minimum atomic E-state index is -2.67. The number of carbonyl (C=O) groups excluding carboxylic acids is 15. The summed E-state index contributed by atoms with van der Waals surface area (Å²) in [6.07, 6.45) is 13.7. The molecule has 700 valence electrons. The Bertz CT molecular complexity index is 2430. The molecule has 5 amide bonds. The number of aldehydes is 1. The number of methoxy groups -OCH3 is 1. The number of rotatable bonds is 6. The number of sulfone groups is 2. The number of esters is 4. The number of carboxylic acid groups (broad SMARTS) is 1. The highest BCUT2D eigenvalue weighted by molar-refractivity contribution is 7.90. The topological polar surface area (TPSA) is 614 Å². The fourth-order valence-electron chi connectivity index (χ4n) is 1.17. The number of aliphatic hydroxyl groups is 1. The third-order valence-corrected chi connectivity index (χ3v) is 5.05. The minimum absolute atomic E-state index is 0.0185. The number of nitrogens with one attached hydrogen (secondary N) is 6. The first-order valence-corrected chi connectivity index (χ1v) is 40.7. The Morgan fingerprint density at radius 3 is 0.819 bits per heavy atom. The molecule has 1 rings (SSSR count). The molecule has 0 aromatic rings. The minimum Gasteiger partial charge on any atom is -0.481 e. The van der Waals surface area contributed by atoms with E-state index in [1.54, 1.807) is 33.5 Å². The van der Waals surface area contributed by atoms with E-state index in [2.05, 4.69) is 137 Å². The highest BCUT2D eigenvalue weighted by atomic mass is 32.2. The monoisotopic (exact) mass is 1800 g/mol. The fourth-order valence-corrected chi connectivity index (χ4v) is 1.17. The van der Waals surface area contributed by atoms with E-state index < -0.39 is 48.4 Å².